The summed E-state index contributed by atoms with van der Waals surface area (Å²) in [6, 6.07) is 0. The van der Waals surface area contributed by atoms with Crippen molar-refractivity contribution in [2.75, 3.05) is 0 Å². The van der Waals surface area contributed by atoms with Crippen LogP contribution in [0.1, 0.15) is 60.8 Å². The van der Waals surface area contributed by atoms with E-state index in [-0.39, 0.29) is 20.9 Å². The molecule has 0 bridgehead atoms. The average molecular weight is 401 g/mol. The van der Waals surface area contributed by atoms with Gasteiger partial charge in [0.15, 0.2) is 16.6 Å². The van der Waals surface area contributed by atoms with Gasteiger partial charge < -0.3 is 8.85 Å². The van der Waals surface area contributed by atoms with Gasteiger partial charge in [-0.05, 0) is 67.0 Å². The molecule has 0 unspecified atom stereocenters. The molecule has 2 rings (SSSR count). The van der Waals surface area contributed by atoms with Gasteiger partial charge in [-0.1, -0.05) is 41.5 Å². The summed E-state index contributed by atoms with van der Waals surface area (Å²) < 4.78 is 13.9. The molecule has 1 aliphatic heterocycles. The molecule has 2 nitrogen and oxygen atoms in total. The maximum atomic E-state index is 6.94. The molecule has 1 saturated carbocycles. The molecule has 146 valence electrons. The number of thioether (sulfide) groups is 1. The van der Waals surface area contributed by atoms with Crippen LogP contribution in [0.25, 0.3) is 0 Å². The molecule has 1 spiro atoms. The minimum absolute atomic E-state index is 0.102. The molecule has 0 aromatic heterocycles. The Morgan fingerprint density at radius 2 is 1.44 bits per heavy atom. The van der Waals surface area contributed by atoms with E-state index in [1.165, 1.54) is 19.3 Å². The molecule has 5 heteroatoms. The van der Waals surface area contributed by atoms with Crippen LogP contribution in [-0.4, -0.2) is 33.6 Å². The monoisotopic (exact) mass is 400 g/mol. The molecular weight excluding hydrogens is 360 g/mol. The van der Waals surface area contributed by atoms with Gasteiger partial charge in [-0.2, -0.15) is 0 Å². The molecule has 1 aliphatic carbocycles. The van der Waals surface area contributed by atoms with Crippen molar-refractivity contribution in [1.29, 1.82) is 0 Å². The molecule has 25 heavy (non-hydrogen) atoms. The van der Waals surface area contributed by atoms with Crippen LogP contribution in [0.5, 0.6) is 0 Å². The maximum absolute atomic E-state index is 6.94. The van der Waals surface area contributed by atoms with Crippen LogP contribution in [0.2, 0.25) is 36.3 Å². The predicted octanol–water partition coefficient (Wildman–Crippen LogP) is 6.95. The van der Waals surface area contributed by atoms with Gasteiger partial charge in [0.25, 0.3) is 0 Å². The molecule has 1 fully saturated rings. The zero-order valence-corrected chi connectivity index (χ0v) is 21.0. The lowest BCUT2D eigenvalue weighted by atomic mass is 9.98. The standard InChI is InChI=1S/C20H40O2SSi2/c1-18(2,3)24(7,8)21-16-12-11-14-20(16)17(13-15-23-20)22-25(9,10)19(4,5)6/h13,15-17H,11-12,14H2,1-10H3/t16-,17-,20-/m0/s1. The predicted molar refractivity (Wildman–Crippen MR) is 117 cm³/mol. The van der Waals surface area contributed by atoms with Crippen molar-refractivity contribution in [3.8, 4) is 0 Å². The molecule has 0 aromatic carbocycles. The minimum Gasteiger partial charge on any atom is -0.412 e. The summed E-state index contributed by atoms with van der Waals surface area (Å²) in [4.78, 5) is 0. The molecule has 0 saturated heterocycles. The van der Waals surface area contributed by atoms with Gasteiger partial charge in [-0.3, -0.25) is 0 Å². The normalized spacial score (nSPS) is 31.3. The summed E-state index contributed by atoms with van der Waals surface area (Å²) in [5.41, 5.74) is 0. The van der Waals surface area contributed by atoms with Crippen molar-refractivity contribution in [3.63, 3.8) is 0 Å². The zero-order valence-electron chi connectivity index (χ0n) is 18.2. The highest BCUT2D eigenvalue weighted by molar-refractivity contribution is 8.03. The summed E-state index contributed by atoms with van der Waals surface area (Å²) in [6.45, 7) is 23.5. The van der Waals surface area contributed by atoms with E-state index >= 15 is 0 Å². The van der Waals surface area contributed by atoms with Crippen LogP contribution in [0, 0.1) is 0 Å². The van der Waals surface area contributed by atoms with E-state index in [4.69, 9.17) is 8.85 Å². The van der Waals surface area contributed by atoms with Crippen molar-refractivity contribution in [1.82, 2.24) is 0 Å². The lowest BCUT2D eigenvalue weighted by Crippen LogP contribution is -2.55. The van der Waals surface area contributed by atoms with E-state index in [9.17, 15) is 0 Å². The lowest BCUT2D eigenvalue weighted by molar-refractivity contribution is 0.0917. The third-order valence-corrected chi connectivity index (χ3v) is 17.4. The molecule has 0 radical (unpaired) electrons. The van der Waals surface area contributed by atoms with Crippen LogP contribution in [-0.2, 0) is 8.85 Å². The second-order valence-corrected chi connectivity index (χ2v) is 21.7. The first kappa shape index (κ1) is 21.7. The van der Waals surface area contributed by atoms with Gasteiger partial charge >= 0.3 is 0 Å². The summed E-state index contributed by atoms with van der Waals surface area (Å²) in [6.07, 6.45) is 6.49. The Labute approximate surface area is 162 Å². The largest absolute Gasteiger partial charge is 0.412 e. The fraction of sp³-hybridized carbons (Fsp3) is 0.900. The Morgan fingerprint density at radius 3 is 1.96 bits per heavy atom. The van der Waals surface area contributed by atoms with Gasteiger partial charge in [-0.15, -0.1) is 11.8 Å². The van der Waals surface area contributed by atoms with Gasteiger partial charge in [-0.25, -0.2) is 0 Å². The Balaban J connectivity index is 2.23. The third-order valence-electron chi connectivity index (χ3n) is 7.07. The van der Waals surface area contributed by atoms with Crippen molar-refractivity contribution in [3.05, 3.63) is 11.5 Å². The number of hydrogen-bond acceptors (Lipinski definition) is 3. The van der Waals surface area contributed by atoms with Crippen LogP contribution in [0.3, 0.4) is 0 Å². The fourth-order valence-corrected chi connectivity index (χ4v) is 7.38. The lowest BCUT2D eigenvalue weighted by Gasteiger charge is -2.47. The second-order valence-electron chi connectivity index (χ2n) is 11.0. The van der Waals surface area contributed by atoms with E-state index in [0.717, 1.165) is 0 Å². The highest BCUT2D eigenvalue weighted by Gasteiger charge is 2.56. The highest BCUT2D eigenvalue weighted by atomic mass is 32.2. The molecule has 0 aromatic rings. The number of hydrogen-bond donors (Lipinski definition) is 0. The Hall–Kier alpha value is 0.444. The van der Waals surface area contributed by atoms with E-state index in [2.05, 4.69) is 79.2 Å². The average Bonchev–Trinajstić information content (AvgIpc) is 2.96. The molecule has 1 heterocycles. The smallest absolute Gasteiger partial charge is 0.192 e. The maximum Gasteiger partial charge on any atom is 0.192 e. The van der Waals surface area contributed by atoms with Crippen molar-refractivity contribution >= 4 is 28.4 Å². The van der Waals surface area contributed by atoms with Crippen LogP contribution in [0.4, 0.5) is 0 Å². The Bertz CT molecular complexity index is 517. The highest BCUT2D eigenvalue weighted by Crippen LogP contribution is 2.54. The fourth-order valence-electron chi connectivity index (χ4n) is 3.22. The van der Waals surface area contributed by atoms with E-state index in [1.807, 2.05) is 11.8 Å². The Kier molecular flexibility index (Phi) is 5.91. The van der Waals surface area contributed by atoms with Crippen molar-refractivity contribution in [2.45, 2.75) is 114 Å². The van der Waals surface area contributed by atoms with Gasteiger partial charge in [0.2, 0.25) is 0 Å². The second kappa shape index (κ2) is 6.80. The first-order valence-electron chi connectivity index (χ1n) is 9.83. The summed E-state index contributed by atoms with van der Waals surface area (Å²) in [5, 5.41) is 2.78. The quantitative estimate of drug-likeness (QED) is 0.476. The first-order valence-corrected chi connectivity index (χ1v) is 16.5. The molecule has 0 N–H and O–H groups in total. The zero-order chi connectivity index (χ0) is 19.3. The van der Waals surface area contributed by atoms with E-state index < -0.39 is 16.6 Å². The van der Waals surface area contributed by atoms with Crippen LogP contribution in [0.15, 0.2) is 11.5 Å². The Morgan fingerprint density at radius 1 is 0.920 bits per heavy atom. The van der Waals surface area contributed by atoms with Crippen molar-refractivity contribution < 1.29 is 8.85 Å². The van der Waals surface area contributed by atoms with E-state index in [1.54, 1.807) is 0 Å². The molecule has 0 amide bonds. The van der Waals surface area contributed by atoms with Crippen LogP contribution >= 0.6 is 11.8 Å². The minimum atomic E-state index is -1.80. The molecule has 2 aliphatic rings. The molecule has 3 atom stereocenters. The number of rotatable bonds is 4. The van der Waals surface area contributed by atoms with Gasteiger partial charge in [0, 0.05) is 0 Å². The van der Waals surface area contributed by atoms with Crippen LogP contribution < -0.4 is 0 Å². The summed E-state index contributed by atoms with van der Waals surface area (Å²) in [5.74, 6) is 0. The SMILES string of the molecule is CC(C)(C)[Si](C)(C)O[C@H]1C=CS[C@]12CCC[C@@H]2O[Si](C)(C)C(C)(C)C. The summed E-state index contributed by atoms with van der Waals surface area (Å²) in [7, 11) is -3.57. The van der Waals surface area contributed by atoms with Crippen molar-refractivity contribution in [2.24, 2.45) is 0 Å². The van der Waals surface area contributed by atoms with Gasteiger partial charge in [0.1, 0.15) is 0 Å². The van der Waals surface area contributed by atoms with Gasteiger partial charge in [0.05, 0.1) is 17.0 Å². The topological polar surface area (TPSA) is 18.5 Å². The molecular formula is C20H40O2SSi2. The third kappa shape index (κ3) is 4.15. The first-order chi connectivity index (χ1) is 11.1. The summed E-state index contributed by atoms with van der Waals surface area (Å²) >= 11 is 1.99. The van der Waals surface area contributed by atoms with E-state index in [0.29, 0.717) is 6.10 Å².